The van der Waals surface area contributed by atoms with Gasteiger partial charge in [0, 0.05) is 0 Å². The van der Waals surface area contributed by atoms with Gasteiger partial charge < -0.3 is 14.7 Å². The van der Waals surface area contributed by atoms with Gasteiger partial charge in [0.1, 0.15) is 7.32 Å². The lowest BCUT2D eigenvalue weighted by atomic mass is 10.2. The summed E-state index contributed by atoms with van der Waals surface area (Å²) in [7, 11) is -2.54. The van der Waals surface area contributed by atoms with Crippen molar-refractivity contribution in [3.05, 3.63) is 29.8 Å². The van der Waals surface area contributed by atoms with Crippen molar-refractivity contribution in [3.8, 4) is 5.75 Å². The van der Waals surface area contributed by atoms with Crippen LogP contribution in [0.1, 0.15) is 5.56 Å². The van der Waals surface area contributed by atoms with E-state index in [2.05, 4.69) is 4.65 Å². The summed E-state index contributed by atoms with van der Waals surface area (Å²) in [5.41, 5.74) is -0.863. The van der Waals surface area contributed by atoms with Crippen molar-refractivity contribution >= 4 is 7.32 Å². The normalized spacial score (nSPS) is 11.2. The summed E-state index contributed by atoms with van der Waals surface area (Å²) in [6, 6.07) is 3.31. The van der Waals surface area contributed by atoms with E-state index in [1.165, 1.54) is 0 Å². The second-order valence-electron chi connectivity index (χ2n) is 2.43. The molecule has 3 nitrogen and oxygen atoms in total. The van der Waals surface area contributed by atoms with Crippen molar-refractivity contribution < 1.29 is 27.9 Å². The zero-order valence-corrected chi connectivity index (χ0v) is 6.75. The molecule has 0 fully saturated rings. The number of hydrogen-bond donors (Lipinski definition) is 0. The number of hydrogen-bond acceptors (Lipinski definition) is 3. The first kappa shape index (κ1) is 10.9. The van der Waals surface area contributed by atoms with Crippen molar-refractivity contribution in [2.75, 3.05) is 0 Å². The minimum Gasteiger partial charge on any atom is -0.860 e. The predicted molar refractivity (Wildman–Crippen MR) is 37.8 cm³/mol. The third-order valence-corrected chi connectivity index (χ3v) is 1.41. The van der Waals surface area contributed by atoms with Crippen LogP contribution < -0.4 is 14.7 Å². The van der Waals surface area contributed by atoms with E-state index in [4.69, 9.17) is 0 Å². The molecule has 0 N–H and O–H groups in total. The molecular formula is C7H4BF3O3-2. The van der Waals surface area contributed by atoms with Gasteiger partial charge in [-0.1, -0.05) is 0 Å². The van der Waals surface area contributed by atoms with Crippen LogP contribution in [0.2, 0.25) is 0 Å². The third kappa shape index (κ3) is 2.93. The van der Waals surface area contributed by atoms with E-state index >= 15 is 0 Å². The molecule has 0 amide bonds. The first-order valence-corrected chi connectivity index (χ1v) is 3.55. The smallest absolute Gasteiger partial charge is 0.416 e. The fourth-order valence-corrected chi connectivity index (χ4v) is 0.834. The molecule has 76 valence electrons. The largest absolute Gasteiger partial charge is 0.860 e. The standard InChI is InChI=1S/C7H4BF3O3/c9-7(10,11)5-1-3-6(4-2-5)14-8(12)13/h1-4H/q-2. The van der Waals surface area contributed by atoms with Crippen molar-refractivity contribution in [2.45, 2.75) is 6.18 Å². The average molecular weight is 204 g/mol. The molecule has 1 rings (SSSR count). The molecule has 0 atom stereocenters. The lowest BCUT2D eigenvalue weighted by Crippen LogP contribution is -2.50. The molecule has 0 aromatic heterocycles. The van der Waals surface area contributed by atoms with Gasteiger partial charge in [0.15, 0.2) is 0 Å². The fraction of sp³-hybridized carbons (Fsp3) is 0.143. The molecule has 0 bridgehead atoms. The molecule has 1 aromatic rings. The van der Waals surface area contributed by atoms with Gasteiger partial charge in [-0.3, -0.25) is 0 Å². The zero-order chi connectivity index (χ0) is 10.8. The number of halogens is 3. The highest BCUT2D eigenvalue weighted by atomic mass is 19.4. The second kappa shape index (κ2) is 3.89. The average Bonchev–Trinajstić information content (AvgIpc) is 2.02. The van der Waals surface area contributed by atoms with E-state index < -0.39 is 19.1 Å². The van der Waals surface area contributed by atoms with Gasteiger partial charge in [-0.2, -0.15) is 13.2 Å². The van der Waals surface area contributed by atoms with Crippen LogP contribution in [0, 0.1) is 0 Å². The van der Waals surface area contributed by atoms with E-state index in [1.807, 2.05) is 0 Å². The van der Waals surface area contributed by atoms with Crippen LogP contribution in [0.4, 0.5) is 13.2 Å². The van der Waals surface area contributed by atoms with Crippen LogP contribution in [0.3, 0.4) is 0 Å². The van der Waals surface area contributed by atoms with Crippen molar-refractivity contribution in [3.63, 3.8) is 0 Å². The van der Waals surface area contributed by atoms with E-state index in [1.54, 1.807) is 0 Å². The minimum absolute atomic E-state index is 0.173. The first-order valence-electron chi connectivity index (χ1n) is 3.55. The molecule has 0 unspecified atom stereocenters. The molecule has 7 heteroatoms. The zero-order valence-electron chi connectivity index (χ0n) is 6.75. The van der Waals surface area contributed by atoms with Gasteiger partial charge in [0.2, 0.25) is 0 Å². The Kier molecular flexibility index (Phi) is 3.02. The number of rotatable bonds is 2. The molecule has 14 heavy (non-hydrogen) atoms. The van der Waals surface area contributed by atoms with Gasteiger partial charge in [0.25, 0.3) is 0 Å². The van der Waals surface area contributed by atoms with Crippen LogP contribution >= 0.6 is 0 Å². The van der Waals surface area contributed by atoms with Gasteiger partial charge in [-0.25, -0.2) is 0 Å². The Bertz CT molecular complexity index is 296. The Morgan fingerprint density at radius 1 is 1.07 bits per heavy atom. The molecule has 0 saturated heterocycles. The maximum atomic E-state index is 12.0. The fourth-order valence-electron chi connectivity index (χ4n) is 0.834. The summed E-state index contributed by atoms with van der Waals surface area (Å²) in [5, 5.41) is 20.0. The van der Waals surface area contributed by atoms with Crippen LogP contribution in [0.5, 0.6) is 5.75 Å². The van der Waals surface area contributed by atoms with Gasteiger partial charge >= 0.3 is 6.18 Å². The van der Waals surface area contributed by atoms with Gasteiger partial charge in [-0.15, -0.1) is 0 Å². The van der Waals surface area contributed by atoms with E-state index in [9.17, 15) is 23.2 Å². The lowest BCUT2D eigenvalue weighted by Gasteiger charge is -2.26. The van der Waals surface area contributed by atoms with E-state index in [0.717, 1.165) is 24.3 Å². The molecule has 0 aliphatic rings. The maximum Gasteiger partial charge on any atom is 0.416 e. The topological polar surface area (TPSA) is 55.3 Å². The molecule has 0 heterocycles. The number of benzene rings is 1. The van der Waals surface area contributed by atoms with E-state index in [0.29, 0.717) is 0 Å². The molecule has 0 saturated carbocycles. The lowest BCUT2D eigenvalue weighted by molar-refractivity contribution is -0.372. The highest BCUT2D eigenvalue weighted by Gasteiger charge is 2.29. The summed E-state index contributed by atoms with van der Waals surface area (Å²) in [4.78, 5) is 0. The van der Waals surface area contributed by atoms with Gasteiger partial charge in [0.05, 0.1) is 11.3 Å². The molecular weight excluding hydrogens is 200 g/mol. The van der Waals surface area contributed by atoms with Crippen LogP contribution in [-0.4, -0.2) is 7.32 Å². The van der Waals surface area contributed by atoms with Crippen LogP contribution in [0.15, 0.2) is 24.3 Å². The van der Waals surface area contributed by atoms with Crippen molar-refractivity contribution in [1.29, 1.82) is 0 Å². The summed E-state index contributed by atoms with van der Waals surface area (Å²) in [6.07, 6.45) is -4.44. The molecule has 1 aromatic carbocycles. The molecule has 0 aliphatic carbocycles. The highest BCUT2D eigenvalue weighted by Crippen LogP contribution is 2.30. The SMILES string of the molecule is [O-]B([O-])Oc1ccc(C(F)(F)F)cc1. The predicted octanol–water partition coefficient (Wildman–Crippen LogP) is -0.210. The molecule has 0 radical (unpaired) electrons. The van der Waals surface area contributed by atoms with E-state index in [-0.39, 0.29) is 5.75 Å². The quantitative estimate of drug-likeness (QED) is 0.626. The molecule has 0 aliphatic heterocycles. The van der Waals surface area contributed by atoms with Crippen molar-refractivity contribution in [1.82, 2.24) is 0 Å². The van der Waals surface area contributed by atoms with Gasteiger partial charge in [-0.05, 0) is 24.3 Å². The Morgan fingerprint density at radius 2 is 1.57 bits per heavy atom. The Balaban J connectivity index is 2.79. The Labute approximate surface area is 77.9 Å². The first-order chi connectivity index (χ1) is 6.39. The van der Waals surface area contributed by atoms with Crippen LogP contribution in [0.25, 0.3) is 0 Å². The minimum atomic E-state index is -4.44. The summed E-state index contributed by atoms with van der Waals surface area (Å²) < 4.78 is 40.2. The Morgan fingerprint density at radius 3 is 1.93 bits per heavy atom. The van der Waals surface area contributed by atoms with Crippen LogP contribution in [-0.2, 0) is 6.18 Å². The summed E-state index contributed by atoms with van der Waals surface area (Å²) in [5.74, 6) is -0.173. The monoisotopic (exact) mass is 204 g/mol. The molecule has 0 spiro atoms. The third-order valence-electron chi connectivity index (χ3n) is 1.41. The summed E-state index contributed by atoms with van der Waals surface area (Å²) >= 11 is 0. The Hall–Kier alpha value is -1.21. The summed E-state index contributed by atoms with van der Waals surface area (Å²) in [6.45, 7) is 0. The van der Waals surface area contributed by atoms with Crippen molar-refractivity contribution in [2.24, 2.45) is 0 Å². The number of alkyl halides is 3. The second-order valence-corrected chi connectivity index (χ2v) is 2.43. The maximum absolute atomic E-state index is 12.0. The highest BCUT2D eigenvalue weighted by molar-refractivity contribution is 6.29.